The summed E-state index contributed by atoms with van der Waals surface area (Å²) in [6.45, 7) is 4.56. The molecule has 0 unspecified atom stereocenters. The van der Waals surface area contributed by atoms with Gasteiger partial charge in [0.25, 0.3) is 0 Å². The number of methoxy groups -OCH3 is 1. The third-order valence-electron chi connectivity index (χ3n) is 4.76. The highest BCUT2D eigenvalue weighted by Gasteiger charge is 2.17. The van der Waals surface area contributed by atoms with Gasteiger partial charge in [-0.05, 0) is 67.6 Å². The zero-order chi connectivity index (χ0) is 19.8. The Hall–Kier alpha value is -2.37. The quantitative estimate of drug-likeness (QED) is 0.591. The van der Waals surface area contributed by atoms with Crippen LogP contribution in [0.25, 0.3) is 0 Å². The molecule has 0 saturated heterocycles. The number of ether oxygens (including phenoxy) is 1. The van der Waals surface area contributed by atoms with Gasteiger partial charge in [0.15, 0.2) is 0 Å². The third-order valence-corrected chi connectivity index (χ3v) is 4.76. The fourth-order valence-corrected chi connectivity index (χ4v) is 3.11. The minimum Gasteiger partial charge on any atom is -0.508 e. The number of rotatable bonds is 9. The van der Waals surface area contributed by atoms with Crippen molar-refractivity contribution in [3.05, 3.63) is 64.7 Å². The number of aliphatic hydroxyl groups excluding tert-OH is 1. The molecule has 2 aromatic rings. The van der Waals surface area contributed by atoms with Crippen LogP contribution in [0.4, 0.5) is 0 Å². The van der Waals surface area contributed by atoms with Crippen molar-refractivity contribution in [3.8, 4) is 5.75 Å². The molecule has 0 radical (unpaired) electrons. The Labute approximate surface area is 161 Å². The Bertz CT molecular complexity index is 760. The first-order valence-corrected chi connectivity index (χ1v) is 9.26. The van der Waals surface area contributed by atoms with E-state index in [2.05, 4.69) is 22.2 Å². The molecule has 2 atom stereocenters. The third kappa shape index (κ3) is 6.38. The van der Waals surface area contributed by atoms with E-state index in [1.165, 1.54) is 12.7 Å². The van der Waals surface area contributed by atoms with Crippen LogP contribution in [-0.2, 0) is 22.4 Å². The number of esters is 1. The smallest absolute Gasteiger partial charge is 0.305 e. The number of carbonyl (C=O) groups excluding carboxylic acids is 1. The summed E-state index contributed by atoms with van der Waals surface area (Å²) in [6, 6.07) is 13.1. The average Bonchev–Trinajstić information content (AvgIpc) is 2.65. The predicted octanol–water partition coefficient (Wildman–Crippen LogP) is 3.06. The van der Waals surface area contributed by atoms with Gasteiger partial charge in [-0.25, -0.2) is 0 Å². The predicted molar refractivity (Wildman–Crippen MR) is 106 cm³/mol. The topological polar surface area (TPSA) is 78.8 Å². The fraction of sp³-hybridized carbons (Fsp3) is 0.409. The van der Waals surface area contributed by atoms with Crippen molar-refractivity contribution in [2.75, 3.05) is 13.7 Å². The van der Waals surface area contributed by atoms with Crippen molar-refractivity contribution in [1.82, 2.24) is 5.32 Å². The standard InChI is InChI=1S/C22H29NO4/c1-15-13-19(24)8-9-20(15)22(26)16(2)23-12-11-18-6-4-5-17(14-18)7-10-21(25)27-3/h4-6,8-9,13-14,16,22-24,26H,7,10-12H2,1-3H3/t16-,22-/m0/s1. The average molecular weight is 371 g/mol. The maximum atomic E-state index is 11.3. The molecular formula is C22H29NO4. The lowest BCUT2D eigenvalue weighted by Gasteiger charge is -2.22. The highest BCUT2D eigenvalue weighted by molar-refractivity contribution is 5.69. The van der Waals surface area contributed by atoms with Gasteiger partial charge in [0.2, 0.25) is 0 Å². The molecule has 0 aromatic heterocycles. The second-order valence-electron chi connectivity index (χ2n) is 6.87. The molecule has 0 spiro atoms. The van der Waals surface area contributed by atoms with Crippen LogP contribution in [0.3, 0.4) is 0 Å². The minimum atomic E-state index is -0.642. The normalized spacial score (nSPS) is 13.2. The van der Waals surface area contributed by atoms with Gasteiger partial charge < -0.3 is 20.3 Å². The van der Waals surface area contributed by atoms with Gasteiger partial charge in [0.05, 0.1) is 13.2 Å². The SMILES string of the molecule is COC(=O)CCc1cccc(CCN[C@@H](C)[C@H](O)c2ccc(O)cc2C)c1. The Kier molecular flexibility index (Phi) is 7.82. The van der Waals surface area contributed by atoms with Crippen molar-refractivity contribution >= 4 is 5.97 Å². The molecule has 0 fully saturated rings. The second-order valence-corrected chi connectivity index (χ2v) is 6.87. The summed E-state index contributed by atoms with van der Waals surface area (Å²) in [5.74, 6) is 0.00514. The van der Waals surface area contributed by atoms with Crippen LogP contribution in [-0.4, -0.2) is 35.9 Å². The van der Waals surface area contributed by atoms with Crippen LogP contribution < -0.4 is 5.32 Å². The zero-order valence-electron chi connectivity index (χ0n) is 16.2. The van der Waals surface area contributed by atoms with E-state index in [1.807, 2.05) is 26.0 Å². The van der Waals surface area contributed by atoms with Crippen molar-refractivity contribution in [1.29, 1.82) is 0 Å². The number of aryl methyl sites for hydroxylation is 2. The molecule has 0 aliphatic rings. The number of phenolic OH excluding ortho intramolecular Hbond substituents is 1. The number of hydrogen-bond donors (Lipinski definition) is 3. The van der Waals surface area contributed by atoms with E-state index >= 15 is 0 Å². The van der Waals surface area contributed by atoms with E-state index in [0.717, 1.165) is 29.7 Å². The number of aromatic hydroxyl groups is 1. The van der Waals surface area contributed by atoms with E-state index in [4.69, 9.17) is 0 Å². The Morgan fingerprint density at radius 1 is 1.15 bits per heavy atom. The van der Waals surface area contributed by atoms with E-state index in [-0.39, 0.29) is 17.8 Å². The van der Waals surface area contributed by atoms with Crippen LogP contribution in [0.5, 0.6) is 5.75 Å². The fourth-order valence-electron chi connectivity index (χ4n) is 3.11. The second kappa shape index (κ2) is 10.1. The first-order valence-electron chi connectivity index (χ1n) is 9.26. The van der Waals surface area contributed by atoms with Crippen LogP contribution in [0, 0.1) is 6.92 Å². The van der Waals surface area contributed by atoms with Crippen molar-refractivity contribution < 1.29 is 19.7 Å². The number of aliphatic hydroxyl groups is 1. The van der Waals surface area contributed by atoms with E-state index in [0.29, 0.717) is 12.8 Å². The highest BCUT2D eigenvalue weighted by Crippen LogP contribution is 2.24. The molecule has 2 rings (SSSR count). The summed E-state index contributed by atoms with van der Waals surface area (Å²) in [5.41, 5.74) is 3.99. The van der Waals surface area contributed by atoms with Gasteiger partial charge in [-0.3, -0.25) is 4.79 Å². The molecule has 2 aromatic carbocycles. The summed E-state index contributed by atoms with van der Waals surface area (Å²) in [4.78, 5) is 11.3. The number of nitrogens with one attached hydrogen (secondary N) is 1. The highest BCUT2D eigenvalue weighted by atomic mass is 16.5. The maximum Gasteiger partial charge on any atom is 0.305 e. The summed E-state index contributed by atoms with van der Waals surface area (Å²) in [7, 11) is 1.40. The Morgan fingerprint density at radius 3 is 2.52 bits per heavy atom. The number of benzene rings is 2. The van der Waals surface area contributed by atoms with Crippen LogP contribution >= 0.6 is 0 Å². The lowest BCUT2D eigenvalue weighted by atomic mass is 9.98. The van der Waals surface area contributed by atoms with Gasteiger partial charge >= 0.3 is 5.97 Å². The van der Waals surface area contributed by atoms with Gasteiger partial charge in [-0.2, -0.15) is 0 Å². The van der Waals surface area contributed by atoms with Crippen LogP contribution in [0.1, 0.15) is 41.7 Å². The van der Waals surface area contributed by atoms with E-state index in [1.54, 1.807) is 18.2 Å². The molecule has 5 nitrogen and oxygen atoms in total. The molecule has 5 heteroatoms. The number of hydrogen-bond acceptors (Lipinski definition) is 5. The molecule has 3 N–H and O–H groups in total. The summed E-state index contributed by atoms with van der Waals surface area (Å²) < 4.78 is 4.68. The van der Waals surface area contributed by atoms with E-state index < -0.39 is 6.10 Å². The molecule has 0 amide bonds. The molecule has 0 saturated carbocycles. The lowest BCUT2D eigenvalue weighted by Crippen LogP contribution is -2.34. The van der Waals surface area contributed by atoms with Gasteiger partial charge in [-0.15, -0.1) is 0 Å². The van der Waals surface area contributed by atoms with Gasteiger partial charge in [0.1, 0.15) is 5.75 Å². The molecule has 0 aliphatic carbocycles. The van der Waals surface area contributed by atoms with E-state index in [9.17, 15) is 15.0 Å². The van der Waals surface area contributed by atoms with Crippen molar-refractivity contribution in [3.63, 3.8) is 0 Å². The monoisotopic (exact) mass is 371 g/mol. The molecule has 146 valence electrons. The molecular weight excluding hydrogens is 342 g/mol. The number of carbonyl (C=O) groups is 1. The lowest BCUT2D eigenvalue weighted by molar-refractivity contribution is -0.140. The van der Waals surface area contributed by atoms with Crippen LogP contribution in [0.15, 0.2) is 42.5 Å². The Morgan fingerprint density at radius 2 is 1.85 bits per heavy atom. The minimum absolute atomic E-state index is 0.115. The van der Waals surface area contributed by atoms with Crippen molar-refractivity contribution in [2.24, 2.45) is 0 Å². The first-order chi connectivity index (χ1) is 12.9. The molecule has 27 heavy (non-hydrogen) atoms. The van der Waals surface area contributed by atoms with Crippen molar-refractivity contribution in [2.45, 2.75) is 45.3 Å². The summed E-state index contributed by atoms with van der Waals surface area (Å²) in [5, 5.41) is 23.4. The van der Waals surface area contributed by atoms with Gasteiger partial charge in [-0.1, -0.05) is 30.3 Å². The summed E-state index contributed by atoms with van der Waals surface area (Å²) in [6.07, 6.45) is 1.24. The maximum absolute atomic E-state index is 11.3. The molecule has 0 heterocycles. The van der Waals surface area contributed by atoms with Gasteiger partial charge in [0, 0.05) is 12.5 Å². The summed E-state index contributed by atoms with van der Waals surface area (Å²) >= 11 is 0. The largest absolute Gasteiger partial charge is 0.508 e. The molecule has 0 bridgehead atoms. The Balaban J connectivity index is 1.85. The number of phenols is 1. The van der Waals surface area contributed by atoms with Crippen LogP contribution in [0.2, 0.25) is 0 Å². The first kappa shape index (κ1) is 20.9. The zero-order valence-corrected chi connectivity index (χ0v) is 16.2. The molecule has 0 aliphatic heterocycles.